The van der Waals surface area contributed by atoms with E-state index in [0.717, 1.165) is 11.3 Å². The Labute approximate surface area is 176 Å². The van der Waals surface area contributed by atoms with Gasteiger partial charge in [-0.2, -0.15) is 0 Å². The van der Waals surface area contributed by atoms with Gasteiger partial charge in [0.05, 0.1) is 25.0 Å². The monoisotopic (exact) mass is 436 g/mol. The number of nitrogens with zero attached hydrogens (tertiary/aromatic N) is 2. The summed E-state index contributed by atoms with van der Waals surface area (Å²) in [6.07, 6.45) is -4.24. The van der Waals surface area contributed by atoms with Gasteiger partial charge in [-0.15, -0.1) is 11.3 Å². The second-order valence-electron chi connectivity index (χ2n) is 7.22. The number of ether oxygens (including phenoxy) is 2. The van der Waals surface area contributed by atoms with Crippen LogP contribution in [-0.2, 0) is 17.7 Å². The minimum Gasteiger partial charge on any atom is -0.452 e. The van der Waals surface area contributed by atoms with E-state index in [1.807, 2.05) is 10.6 Å². The maximum absolute atomic E-state index is 10.8. The highest BCUT2D eigenvalue weighted by Gasteiger charge is 2.57. The molecule has 1 saturated heterocycles. The summed E-state index contributed by atoms with van der Waals surface area (Å²) in [5.41, 5.74) is 1.15. The highest BCUT2D eigenvalue weighted by Crippen LogP contribution is 2.35. The van der Waals surface area contributed by atoms with Crippen molar-refractivity contribution in [1.29, 1.82) is 0 Å². The van der Waals surface area contributed by atoms with Gasteiger partial charge in [-0.05, 0) is 30.7 Å². The predicted octanol–water partition coefficient (Wildman–Crippen LogP) is 0.207. The minimum atomic E-state index is -2.65. The van der Waals surface area contributed by atoms with Gasteiger partial charge in [0, 0.05) is 9.75 Å². The first-order valence-corrected chi connectivity index (χ1v) is 10.4. The molecule has 1 aliphatic rings. The molecule has 0 saturated carbocycles. The predicted molar refractivity (Wildman–Crippen MR) is 108 cm³/mol. The number of hydrogen-bond acceptors (Lipinski definition) is 9. The van der Waals surface area contributed by atoms with Gasteiger partial charge in [-0.3, -0.25) is 0 Å². The van der Waals surface area contributed by atoms with Gasteiger partial charge in [0.25, 0.3) is 5.79 Å². The number of fused-ring (bicyclic) bond motifs is 1. The molecule has 0 bridgehead atoms. The van der Waals surface area contributed by atoms with Crippen LogP contribution >= 0.6 is 11.3 Å². The number of benzene rings is 1. The second kappa shape index (κ2) is 8.23. The maximum Gasteiger partial charge on any atom is 0.288 e. The fraction of sp³-hybridized carbons (Fsp3) is 0.450. The molecule has 0 radical (unpaired) electrons. The Hall–Kier alpha value is -2.05. The van der Waals surface area contributed by atoms with E-state index in [4.69, 9.17) is 9.47 Å². The summed E-state index contributed by atoms with van der Waals surface area (Å²) < 4.78 is 12.5. The smallest absolute Gasteiger partial charge is 0.288 e. The number of rotatable bonds is 6. The van der Waals surface area contributed by atoms with Gasteiger partial charge in [0.15, 0.2) is 6.10 Å². The molecule has 30 heavy (non-hydrogen) atoms. The third-order valence-corrected chi connectivity index (χ3v) is 6.45. The zero-order chi connectivity index (χ0) is 21.5. The molecule has 0 spiro atoms. The molecule has 0 amide bonds. The van der Waals surface area contributed by atoms with Crippen molar-refractivity contribution >= 4 is 22.4 Å². The fourth-order valence-electron chi connectivity index (χ4n) is 3.54. The van der Waals surface area contributed by atoms with Gasteiger partial charge in [-0.25, -0.2) is 4.98 Å². The molecule has 10 heteroatoms. The van der Waals surface area contributed by atoms with Crippen molar-refractivity contribution in [2.24, 2.45) is 0 Å². The summed E-state index contributed by atoms with van der Waals surface area (Å²) in [6, 6.07) is 9.11. The molecule has 2 aromatic heterocycles. The molecule has 5 N–H and O–H groups in total. The molecule has 1 aliphatic heterocycles. The first kappa shape index (κ1) is 21.2. The van der Waals surface area contributed by atoms with Crippen molar-refractivity contribution < 1.29 is 35.0 Å². The Morgan fingerprint density at radius 3 is 2.67 bits per heavy atom. The van der Waals surface area contributed by atoms with Crippen LogP contribution in [0.3, 0.4) is 0 Å². The molecule has 1 aromatic carbocycles. The van der Waals surface area contributed by atoms with E-state index in [1.165, 1.54) is 4.88 Å². The zero-order valence-electron chi connectivity index (χ0n) is 16.3. The molecule has 9 nitrogen and oxygen atoms in total. The number of hydrogen-bond donors (Lipinski definition) is 5. The Morgan fingerprint density at radius 1 is 1.20 bits per heavy atom. The molecule has 0 unspecified atom stereocenters. The second-order valence-corrected chi connectivity index (χ2v) is 8.47. The van der Waals surface area contributed by atoms with E-state index in [9.17, 15) is 25.5 Å². The first-order valence-electron chi connectivity index (χ1n) is 9.60. The average Bonchev–Trinajstić information content (AvgIpc) is 3.37. The van der Waals surface area contributed by atoms with Crippen molar-refractivity contribution in [3.63, 3.8) is 0 Å². The topological polar surface area (TPSA) is 137 Å². The van der Waals surface area contributed by atoms with Gasteiger partial charge < -0.3 is 39.6 Å². The van der Waals surface area contributed by atoms with Crippen molar-refractivity contribution in [2.75, 3.05) is 6.61 Å². The summed E-state index contributed by atoms with van der Waals surface area (Å²) in [5.74, 6) is -2.50. The van der Waals surface area contributed by atoms with Crippen LogP contribution in [0.5, 0.6) is 5.75 Å². The summed E-state index contributed by atoms with van der Waals surface area (Å²) in [7, 11) is 0. The van der Waals surface area contributed by atoms with E-state index < -0.39 is 37.0 Å². The van der Waals surface area contributed by atoms with Crippen LogP contribution in [0.15, 0.2) is 36.7 Å². The Kier molecular flexibility index (Phi) is 5.82. The van der Waals surface area contributed by atoms with Crippen LogP contribution in [-0.4, -0.2) is 72.1 Å². The lowest BCUT2D eigenvalue weighted by molar-refractivity contribution is -0.385. The minimum absolute atomic E-state index is 0.149. The third kappa shape index (κ3) is 3.60. The number of para-hydroxylation sites is 1. The number of thiophene rings is 1. The SMILES string of the molecule is CCc1ccc(Cn2cnc3cccc(O[C@]4(O)[C@@H](O)O[C@H](CO)[C@@H](O)[C@@H]4O)c32)s1. The number of aryl methyl sites for hydroxylation is 1. The Bertz CT molecular complexity index is 1020. The van der Waals surface area contributed by atoms with E-state index in [0.29, 0.717) is 17.6 Å². The lowest BCUT2D eigenvalue weighted by Gasteiger charge is -2.45. The molecule has 3 aromatic rings. The first-order chi connectivity index (χ1) is 14.4. The summed E-state index contributed by atoms with van der Waals surface area (Å²) in [5, 5.41) is 50.8. The summed E-state index contributed by atoms with van der Waals surface area (Å²) >= 11 is 1.69. The van der Waals surface area contributed by atoms with E-state index >= 15 is 0 Å². The van der Waals surface area contributed by atoms with Gasteiger partial charge >= 0.3 is 0 Å². The van der Waals surface area contributed by atoms with Crippen molar-refractivity contribution in [3.05, 3.63) is 46.4 Å². The standard InChI is InChI=1S/C20H24N2O7S/c1-2-11-6-7-12(30-11)8-22-10-21-13-4-3-5-14(16(13)22)29-20(27)18(25)17(24)15(9-23)28-19(20)26/h3-7,10,15,17-19,23-27H,2,8-9H2,1H3/t15-,17-,18+,19+,20+/m1/s1. The molecule has 4 rings (SSSR count). The quantitative estimate of drug-likeness (QED) is 0.346. The van der Waals surface area contributed by atoms with Crippen LogP contribution in [0.4, 0.5) is 0 Å². The number of aliphatic hydroxyl groups is 5. The van der Waals surface area contributed by atoms with E-state index in [2.05, 4.69) is 18.0 Å². The number of aromatic nitrogens is 2. The number of imidazole rings is 1. The zero-order valence-corrected chi connectivity index (χ0v) is 17.1. The van der Waals surface area contributed by atoms with Gasteiger partial charge in [0.1, 0.15) is 23.5 Å². The van der Waals surface area contributed by atoms with Crippen LogP contribution in [0.25, 0.3) is 11.0 Å². The van der Waals surface area contributed by atoms with Crippen LogP contribution in [0.2, 0.25) is 0 Å². The molecule has 1 fully saturated rings. The Balaban J connectivity index is 1.68. The van der Waals surface area contributed by atoms with Crippen molar-refractivity contribution in [2.45, 2.75) is 50.3 Å². The molecule has 0 aliphatic carbocycles. The van der Waals surface area contributed by atoms with Crippen molar-refractivity contribution in [1.82, 2.24) is 9.55 Å². The Morgan fingerprint density at radius 2 is 1.97 bits per heavy atom. The maximum atomic E-state index is 10.8. The molecule has 162 valence electrons. The lowest BCUT2D eigenvalue weighted by atomic mass is 9.96. The summed E-state index contributed by atoms with van der Waals surface area (Å²) in [4.78, 5) is 6.74. The van der Waals surface area contributed by atoms with E-state index in [-0.39, 0.29) is 5.75 Å². The van der Waals surface area contributed by atoms with Gasteiger partial charge in [0.2, 0.25) is 6.29 Å². The molecule has 3 heterocycles. The van der Waals surface area contributed by atoms with E-state index in [1.54, 1.807) is 35.9 Å². The largest absolute Gasteiger partial charge is 0.452 e. The lowest BCUT2D eigenvalue weighted by Crippen LogP contribution is -2.69. The fourth-order valence-corrected chi connectivity index (χ4v) is 4.49. The highest BCUT2D eigenvalue weighted by atomic mass is 32.1. The third-order valence-electron chi connectivity index (χ3n) is 5.23. The number of aliphatic hydroxyl groups excluding tert-OH is 4. The molecule has 5 atom stereocenters. The summed E-state index contributed by atoms with van der Waals surface area (Å²) in [6.45, 7) is 1.97. The normalized spacial score (nSPS) is 29.4. The molecular formula is C20H24N2O7S. The van der Waals surface area contributed by atoms with Crippen molar-refractivity contribution in [3.8, 4) is 5.75 Å². The van der Waals surface area contributed by atoms with Gasteiger partial charge in [-0.1, -0.05) is 13.0 Å². The average molecular weight is 436 g/mol. The molecular weight excluding hydrogens is 412 g/mol. The van der Waals surface area contributed by atoms with Crippen LogP contribution in [0, 0.1) is 0 Å². The highest BCUT2D eigenvalue weighted by molar-refractivity contribution is 7.11. The van der Waals surface area contributed by atoms with Crippen LogP contribution < -0.4 is 4.74 Å². The van der Waals surface area contributed by atoms with Crippen LogP contribution in [0.1, 0.15) is 16.7 Å².